The van der Waals surface area contributed by atoms with Crippen LogP contribution in [0.25, 0.3) is 11.4 Å². The molecule has 33 heavy (non-hydrogen) atoms. The highest BCUT2D eigenvalue weighted by molar-refractivity contribution is 5.55. The van der Waals surface area contributed by atoms with E-state index >= 15 is 0 Å². The van der Waals surface area contributed by atoms with E-state index in [1.54, 1.807) is 0 Å². The van der Waals surface area contributed by atoms with Crippen molar-refractivity contribution in [3.05, 3.63) is 42.2 Å². The maximum absolute atomic E-state index is 6.09. The third-order valence-electron chi connectivity index (χ3n) is 6.44. The fourth-order valence-corrected chi connectivity index (χ4v) is 4.28. The minimum Gasteiger partial charge on any atom is -0.491 e. The minimum absolute atomic E-state index is 0.258. The Morgan fingerprint density at radius 1 is 0.667 bits per heavy atom. The Bertz CT molecular complexity index is 711. The lowest BCUT2D eigenvalue weighted by molar-refractivity contribution is 0.206. The van der Waals surface area contributed by atoms with Gasteiger partial charge < -0.3 is 4.74 Å². The first-order valence-corrected chi connectivity index (χ1v) is 13.8. The van der Waals surface area contributed by atoms with E-state index in [2.05, 4.69) is 42.9 Å². The van der Waals surface area contributed by atoms with Crippen LogP contribution >= 0.6 is 0 Å². The van der Waals surface area contributed by atoms with Gasteiger partial charge in [0, 0.05) is 18.0 Å². The lowest BCUT2D eigenvalue weighted by Gasteiger charge is -2.15. The van der Waals surface area contributed by atoms with Crippen LogP contribution in [0.4, 0.5) is 0 Å². The first-order chi connectivity index (χ1) is 16.2. The predicted octanol–water partition coefficient (Wildman–Crippen LogP) is 9.34. The molecule has 2 rings (SSSR count). The number of rotatable bonds is 19. The molecule has 0 radical (unpaired) electrons. The molecule has 0 saturated carbocycles. The van der Waals surface area contributed by atoms with Gasteiger partial charge in [-0.05, 0) is 62.4 Å². The summed E-state index contributed by atoms with van der Waals surface area (Å²) in [7, 11) is 0. The monoisotopic (exact) mass is 452 g/mol. The van der Waals surface area contributed by atoms with Crippen LogP contribution in [0.1, 0.15) is 123 Å². The summed E-state index contributed by atoms with van der Waals surface area (Å²) in [6.07, 6.45) is 25.2. The number of aromatic nitrogens is 2. The molecule has 1 aromatic carbocycles. The molecule has 0 aliphatic carbocycles. The number of hydrogen-bond donors (Lipinski definition) is 0. The van der Waals surface area contributed by atoms with E-state index in [1.807, 2.05) is 24.5 Å². The third kappa shape index (κ3) is 12.2. The van der Waals surface area contributed by atoms with Gasteiger partial charge in [-0.2, -0.15) is 0 Å². The minimum atomic E-state index is 0.258. The van der Waals surface area contributed by atoms with Crippen molar-refractivity contribution < 1.29 is 4.74 Å². The normalized spacial score (nSPS) is 12.1. The number of hydrogen-bond acceptors (Lipinski definition) is 3. The summed E-state index contributed by atoms with van der Waals surface area (Å²) < 4.78 is 6.09. The van der Waals surface area contributed by atoms with Crippen molar-refractivity contribution in [3.8, 4) is 17.1 Å². The van der Waals surface area contributed by atoms with Gasteiger partial charge in [-0.25, -0.2) is 9.97 Å². The molecule has 0 amide bonds. The van der Waals surface area contributed by atoms with Crippen LogP contribution in [0.15, 0.2) is 36.7 Å². The Morgan fingerprint density at radius 2 is 1.18 bits per heavy atom. The van der Waals surface area contributed by atoms with Crippen molar-refractivity contribution in [1.29, 1.82) is 0 Å². The number of aryl methyl sites for hydroxylation is 1. The van der Waals surface area contributed by atoms with Gasteiger partial charge in [-0.15, -0.1) is 0 Å². The molecular formula is C30H48N2O. The van der Waals surface area contributed by atoms with Gasteiger partial charge in [0.2, 0.25) is 0 Å². The zero-order valence-corrected chi connectivity index (χ0v) is 21.7. The van der Waals surface area contributed by atoms with E-state index < -0.39 is 0 Å². The molecule has 2 aromatic rings. The second kappa shape index (κ2) is 17.6. The van der Waals surface area contributed by atoms with E-state index in [1.165, 1.54) is 95.5 Å². The summed E-state index contributed by atoms with van der Waals surface area (Å²) in [5.41, 5.74) is 2.29. The molecule has 0 aliphatic heterocycles. The summed E-state index contributed by atoms with van der Waals surface area (Å²) in [6, 6.07) is 8.22. The van der Waals surface area contributed by atoms with Crippen LogP contribution in [0, 0.1) is 0 Å². The first-order valence-electron chi connectivity index (χ1n) is 13.8. The zero-order valence-electron chi connectivity index (χ0n) is 21.7. The lowest BCUT2D eigenvalue weighted by Crippen LogP contribution is -2.11. The van der Waals surface area contributed by atoms with Crippen molar-refractivity contribution >= 4 is 0 Å². The molecule has 0 N–H and O–H groups in total. The van der Waals surface area contributed by atoms with Gasteiger partial charge in [-0.3, -0.25) is 0 Å². The molecule has 1 aromatic heterocycles. The van der Waals surface area contributed by atoms with Gasteiger partial charge in [0.15, 0.2) is 5.82 Å². The summed E-state index contributed by atoms with van der Waals surface area (Å²) in [4.78, 5) is 9.22. The van der Waals surface area contributed by atoms with Gasteiger partial charge in [-0.1, -0.05) is 90.9 Å². The van der Waals surface area contributed by atoms with Crippen molar-refractivity contribution in [1.82, 2.24) is 9.97 Å². The van der Waals surface area contributed by atoms with Crippen LogP contribution in [-0.2, 0) is 6.42 Å². The number of benzene rings is 1. The van der Waals surface area contributed by atoms with Crippen molar-refractivity contribution in [3.63, 3.8) is 0 Å². The molecule has 0 saturated heterocycles. The first kappa shape index (κ1) is 27.3. The second-order valence-electron chi connectivity index (χ2n) is 9.65. The molecule has 0 aliphatic rings. The largest absolute Gasteiger partial charge is 0.491 e. The fraction of sp³-hybridized carbons (Fsp3) is 0.667. The van der Waals surface area contributed by atoms with Crippen molar-refractivity contribution in [2.45, 2.75) is 130 Å². The van der Waals surface area contributed by atoms with Gasteiger partial charge in [0.05, 0.1) is 6.10 Å². The highest BCUT2D eigenvalue weighted by Crippen LogP contribution is 2.21. The summed E-state index contributed by atoms with van der Waals surface area (Å²) in [5, 5.41) is 0. The molecular weight excluding hydrogens is 404 g/mol. The van der Waals surface area contributed by atoms with Crippen molar-refractivity contribution in [2.75, 3.05) is 0 Å². The van der Waals surface area contributed by atoms with E-state index in [9.17, 15) is 0 Å². The SMILES string of the molecule is CCCCCCCCCCCc1cnc(-c2ccc(O[C@@H](C)CCCCCCC)cc2)nc1. The maximum atomic E-state index is 6.09. The van der Waals surface area contributed by atoms with E-state index in [4.69, 9.17) is 4.74 Å². The molecule has 3 nitrogen and oxygen atoms in total. The Labute approximate surface area is 203 Å². The molecule has 184 valence electrons. The quantitative estimate of drug-likeness (QED) is 0.199. The average Bonchev–Trinajstić information content (AvgIpc) is 2.84. The summed E-state index contributed by atoms with van der Waals surface area (Å²) in [5.74, 6) is 1.73. The maximum Gasteiger partial charge on any atom is 0.159 e. The molecule has 1 atom stereocenters. The van der Waals surface area contributed by atoms with Gasteiger partial charge in [0.1, 0.15) is 5.75 Å². The lowest BCUT2D eigenvalue weighted by atomic mass is 10.1. The molecule has 0 unspecified atom stereocenters. The van der Waals surface area contributed by atoms with Crippen LogP contribution in [0.2, 0.25) is 0 Å². The summed E-state index contributed by atoms with van der Waals surface area (Å²) in [6.45, 7) is 6.70. The van der Waals surface area contributed by atoms with E-state index in [0.717, 1.165) is 30.0 Å². The fourth-order valence-electron chi connectivity index (χ4n) is 4.28. The Hall–Kier alpha value is -1.90. The van der Waals surface area contributed by atoms with Gasteiger partial charge in [0.25, 0.3) is 0 Å². The molecule has 0 bridgehead atoms. The van der Waals surface area contributed by atoms with Crippen LogP contribution in [-0.4, -0.2) is 16.1 Å². The Balaban J connectivity index is 1.65. The average molecular weight is 453 g/mol. The number of ether oxygens (including phenoxy) is 1. The molecule has 0 spiro atoms. The zero-order chi connectivity index (χ0) is 23.6. The summed E-state index contributed by atoms with van der Waals surface area (Å²) >= 11 is 0. The second-order valence-corrected chi connectivity index (χ2v) is 9.65. The topological polar surface area (TPSA) is 35.0 Å². The predicted molar refractivity (Wildman–Crippen MR) is 142 cm³/mol. The highest BCUT2D eigenvalue weighted by Gasteiger charge is 2.06. The number of unbranched alkanes of at least 4 members (excludes halogenated alkanes) is 12. The van der Waals surface area contributed by atoms with Crippen LogP contribution < -0.4 is 4.74 Å². The van der Waals surface area contributed by atoms with E-state index in [-0.39, 0.29) is 6.10 Å². The molecule has 1 heterocycles. The smallest absolute Gasteiger partial charge is 0.159 e. The van der Waals surface area contributed by atoms with Crippen molar-refractivity contribution in [2.24, 2.45) is 0 Å². The Kier molecular flexibility index (Phi) is 14.6. The van der Waals surface area contributed by atoms with Crippen LogP contribution in [0.3, 0.4) is 0 Å². The van der Waals surface area contributed by atoms with Gasteiger partial charge >= 0.3 is 0 Å². The standard InChI is InChI=1S/C30H48N2O/c1-4-6-8-10-11-12-13-15-17-19-27-24-31-30(32-25-27)28-20-22-29(23-21-28)33-26(3)18-16-14-9-7-5-2/h20-26H,4-19H2,1-3H3/t26-/m0/s1. The highest BCUT2D eigenvalue weighted by atomic mass is 16.5. The van der Waals surface area contributed by atoms with E-state index in [0.29, 0.717) is 0 Å². The molecule has 3 heteroatoms. The number of nitrogens with zero attached hydrogens (tertiary/aromatic N) is 2. The molecule has 0 fully saturated rings. The Morgan fingerprint density at radius 3 is 1.76 bits per heavy atom. The third-order valence-corrected chi connectivity index (χ3v) is 6.44. The van der Waals surface area contributed by atoms with Crippen LogP contribution in [0.5, 0.6) is 5.75 Å².